The Labute approximate surface area is 114 Å². The molecule has 1 aromatic carbocycles. The number of nitrogens with two attached hydrogens (primary N) is 1. The van der Waals surface area contributed by atoms with E-state index in [1.54, 1.807) is 12.1 Å². The summed E-state index contributed by atoms with van der Waals surface area (Å²) >= 11 is 5.83. The quantitative estimate of drug-likeness (QED) is 0.878. The lowest BCUT2D eigenvalue weighted by Crippen LogP contribution is -2.14. The molecular formula is C13H9ClN4O. The molecule has 2 aromatic rings. The van der Waals surface area contributed by atoms with Crippen LogP contribution >= 0.6 is 11.6 Å². The van der Waals surface area contributed by atoms with Crippen molar-refractivity contribution < 1.29 is 4.79 Å². The van der Waals surface area contributed by atoms with Gasteiger partial charge in [-0.3, -0.25) is 4.79 Å². The van der Waals surface area contributed by atoms with Gasteiger partial charge < -0.3 is 11.1 Å². The molecule has 0 aliphatic carbocycles. The van der Waals surface area contributed by atoms with Gasteiger partial charge in [-0.05, 0) is 30.3 Å². The van der Waals surface area contributed by atoms with Crippen LogP contribution in [0.5, 0.6) is 0 Å². The summed E-state index contributed by atoms with van der Waals surface area (Å²) in [6.07, 6.45) is 1.39. The Kier molecular flexibility index (Phi) is 3.64. The first kappa shape index (κ1) is 12.9. The number of carbonyl (C=O) groups excluding carboxylic acids is 1. The van der Waals surface area contributed by atoms with Crippen molar-refractivity contribution in [1.29, 1.82) is 5.26 Å². The minimum absolute atomic E-state index is 0.207. The number of carbonyl (C=O) groups is 1. The highest BCUT2D eigenvalue weighted by Gasteiger charge is 2.10. The smallest absolute Gasteiger partial charge is 0.274 e. The average molecular weight is 273 g/mol. The van der Waals surface area contributed by atoms with Crippen LogP contribution in [0, 0.1) is 11.3 Å². The molecule has 0 saturated carbocycles. The van der Waals surface area contributed by atoms with Crippen LogP contribution < -0.4 is 11.1 Å². The molecule has 94 valence electrons. The fourth-order valence-electron chi connectivity index (χ4n) is 1.44. The molecule has 19 heavy (non-hydrogen) atoms. The van der Waals surface area contributed by atoms with E-state index < -0.39 is 5.91 Å². The highest BCUT2D eigenvalue weighted by atomic mass is 35.5. The highest BCUT2D eigenvalue weighted by Crippen LogP contribution is 2.20. The first-order chi connectivity index (χ1) is 9.10. The van der Waals surface area contributed by atoms with Crippen LogP contribution in [-0.4, -0.2) is 10.9 Å². The first-order valence-electron chi connectivity index (χ1n) is 5.32. The van der Waals surface area contributed by atoms with Gasteiger partial charge in [0.15, 0.2) is 0 Å². The van der Waals surface area contributed by atoms with Gasteiger partial charge in [0, 0.05) is 5.02 Å². The minimum atomic E-state index is -0.432. The Bertz CT molecular complexity index is 661. The summed E-state index contributed by atoms with van der Waals surface area (Å²) in [6, 6.07) is 9.68. The zero-order chi connectivity index (χ0) is 13.8. The summed E-state index contributed by atoms with van der Waals surface area (Å²) in [5, 5.41) is 12.0. The van der Waals surface area contributed by atoms with Gasteiger partial charge in [-0.1, -0.05) is 11.6 Å². The molecule has 0 atom stereocenters. The second kappa shape index (κ2) is 5.38. The van der Waals surface area contributed by atoms with Crippen LogP contribution in [0.3, 0.4) is 0 Å². The molecule has 1 aromatic heterocycles. The Hall–Kier alpha value is -2.58. The molecule has 3 N–H and O–H groups in total. The molecule has 5 nitrogen and oxygen atoms in total. The average Bonchev–Trinajstić information content (AvgIpc) is 2.39. The van der Waals surface area contributed by atoms with Gasteiger partial charge in [-0.25, -0.2) is 4.98 Å². The highest BCUT2D eigenvalue weighted by molar-refractivity contribution is 6.31. The maximum absolute atomic E-state index is 11.9. The minimum Gasteiger partial charge on any atom is -0.397 e. The van der Waals surface area contributed by atoms with E-state index >= 15 is 0 Å². The number of rotatable bonds is 2. The Balaban J connectivity index is 2.26. The van der Waals surface area contributed by atoms with Crippen molar-refractivity contribution in [2.45, 2.75) is 0 Å². The first-order valence-corrected chi connectivity index (χ1v) is 5.70. The van der Waals surface area contributed by atoms with Gasteiger partial charge in [0.05, 0.1) is 23.1 Å². The molecule has 0 spiro atoms. The second-order valence-electron chi connectivity index (χ2n) is 3.73. The van der Waals surface area contributed by atoms with Gasteiger partial charge in [0.25, 0.3) is 5.91 Å². The van der Waals surface area contributed by atoms with Gasteiger partial charge in [-0.2, -0.15) is 5.26 Å². The monoisotopic (exact) mass is 272 g/mol. The molecule has 0 unspecified atom stereocenters. The number of pyridine rings is 1. The number of nitrogen functional groups attached to an aromatic ring is 1. The predicted octanol–water partition coefficient (Wildman–Crippen LogP) is 2.44. The van der Waals surface area contributed by atoms with E-state index in [4.69, 9.17) is 22.6 Å². The Morgan fingerprint density at radius 2 is 2.16 bits per heavy atom. The van der Waals surface area contributed by atoms with Crippen molar-refractivity contribution in [3.63, 3.8) is 0 Å². The van der Waals surface area contributed by atoms with E-state index in [1.807, 2.05) is 6.07 Å². The van der Waals surface area contributed by atoms with E-state index in [1.165, 1.54) is 24.4 Å². The lowest BCUT2D eigenvalue weighted by atomic mass is 10.2. The van der Waals surface area contributed by atoms with Crippen LogP contribution in [0.2, 0.25) is 5.02 Å². The molecule has 6 heteroatoms. The molecule has 1 amide bonds. The summed E-state index contributed by atoms with van der Waals surface area (Å²) in [7, 11) is 0. The molecule has 0 aliphatic heterocycles. The van der Waals surface area contributed by atoms with Crippen molar-refractivity contribution >= 4 is 28.9 Å². The molecule has 2 rings (SSSR count). The molecule has 0 bridgehead atoms. The molecule has 0 aliphatic rings. The number of anilines is 2. The Morgan fingerprint density at radius 1 is 1.37 bits per heavy atom. The maximum atomic E-state index is 11.9. The summed E-state index contributed by atoms with van der Waals surface area (Å²) in [6.45, 7) is 0. The third-order valence-corrected chi connectivity index (χ3v) is 2.60. The fourth-order valence-corrected chi connectivity index (χ4v) is 1.62. The van der Waals surface area contributed by atoms with Gasteiger partial charge in [-0.15, -0.1) is 0 Å². The number of aromatic nitrogens is 1. The molecule has 1 heterocycles. The van der Waals surface area contributed by atoms with Gasteiger partial charge >= 0.3 is 0 Å². The van der Waals surface area contributed by atoms with E-state index in [9.17, 15) is 4.79 Å². The summed E-state index contributed by atoms with van der Waals surface area (Å²) in [5.41, 5.74) is 6.84. The Morgan fingerprint density at radius 3 is 2.79 bits per heavy atom. The van der Waals surface area contributed by atoms with Crippen LogP contribution in [0.1, 0.15) is 16.1 Å². The maximum Gasteiger partial charge on any atom is 0.274 e. The fraction of sp³-hybridized carbons (Fsp3) is 0. The number of benzene rings is 1. The SMILES string of the molecule is N#Cc1ccc(Cl)cc1NC(=O)c1ccc(N)cn1. The van der Waals surface area contributed by atoms with Gasteiger partial charge in [0.1, 0.15) is 11.8 Å². The largest absolute Gasteiger partial charge is 0.397 e. The number of hydrogen-bond acceptors (Lipinski definition) is 4. The molecule has 0 saturated heterocycles. The third-order valence-electron chi connectivity index (χ3n) is 2.37. The summed E-state index contributed by atoms with van der Waals surface area (Å²) in [5.74, 6) is -0.432. The number of hydrogen-bond donors (Lipinski definition) is 2. The summed E-state index contributed by atoms with van der Waals surface area (Å²) < 4.78 is 0. The van der Waals surface area contributed by atoms with Crippen LogP contribution in [-0.2, 0) is 0 Å². The van der Waals surface area contributed by atoms with Crippen molar-refractivity contribution in [3.05, 3.63) is 52.8 Å². The normalized spacial score (nSPS) is 9.68. The topological polar surface area (TPSA) is 91.8 Å². The number of halogens is 1. The molecular weight excluding hydrogens is 264 g/mol. The standard InChI is InChI=1S/C13H9ClN4O/c14-9-2-1-8(6-15)12(5-9)18-13(19)11-4-3-10(16)7-17-11/h1-5,7H,16H2,(H,18,19). The van der Waals surface area contributed by atoms with Crippen molar-refractivity contribution in [1.82, 2.24) is 4.98 Å². The number of nitriles is 1. The van der Waals surface area contributed by atoms with E-state index in [-0.39, 0.29) is 5.69 Å². The van der Waals surface area contributed by atoms with E-state index in [0.717, 1.165) is 0 Å². The van der Waals surface area contributed by atoms with Crippen molar-refractivity contribution in [2.24, 2.45) is 0 Å². The lowest BCUT2D eigenvalue weighted by Gasteiger charge is -2.07. The van der Waals surface area contributed by atoms with Crippen LogP contribution in [0.15, 0.2) is 36.5 Å². The van der Waals surface area contributed by atoms with E-state index in [2.05, 4.69) is 10.3 Å². The third kappa shape index (κ3) is 3.00. The number of nitrogens with zero attached hydrogens (tertiary/aromatic N) is 2. The van der Waals surface area contributed by atoms with Crippen LogP contribution in [0.4, 0.5) is 11.4 Å². The van der Waals surface area contributed by atoms with Crippen molar-refractivity contribution in [2.75, 3.05) is 11.1 Å². The molecule has 0 radical (unpaired) electrons. The van der Waals surface area contributed by atoms with Crippen molar-refractivity contribution in [3.8, 4) is 6.07 Å². The van der Waals surface area contributed by atoms with E-state index in [0.29, 0.717) is 22.0 Å². The lowest BCUT2D eigenvalue weighted by molar-refractivity contribution is 0.102. The zero-order valence-corrected chi connectivity index (χ0v) is 10.5. The number of amides is 1. The summed E-state index contributed by atoms with van der Waals surface area (Å²) in [4.78, 5) is 15.8. The number of nitrogens with one attached hydrogen (secondary N) is 1. The second-order valence-corrected chi connectivity index (χ2v) is 4.17. The van der Waals surface area contributed by atoms with Gasteiger partial charge in [0.2, 0.25) is 0 Å². The zero-order valence-electron chi connectivity index (χ0n) is 9.72. The predicted molar refractivity (Wildman–Crippen MR) is 72.8 cm³/mol. The molecule has 0 fully saturated rings. The van der Waals surface area contributed by atoms with Crippen LogP contribution in [0.25, 0.3) is 0 Å².